The monoisotopic (exact) mass is 483 g/mol. The van der Waals surface area contributed by atoms with Crippen molar-refractivity contribution >= 4 is 16.9 Å². The summed E-state index contributed by atoms with van der Waals surface area (Å²) in [6.07, 6.45) is -4.56. The Morgan fingerprint density at radius 1 is 1.00 bits per heavy atom. The van der Waals surface area contributed by atoms with Gasteiger partial charge in [-0.3, -0.25) is 4.79 Å². The first-order valence-electron chi connectivity index (χ1n) is 11.1. The van der Waals surface area contributed by atoms with Crippen molar-refractivity contribution < 1.29 is 31.9 Å². The zero-order valence-corrected chi connectivity index (χ0v) is 19.0. The maximum atomic E-state index is 13.4. The van der Waals surface area contributed by atoms with Crippen LogP contribution >= 0.6 is 0 Å². The Labute approximate surface area is 200 Å². The van der Waals surface area contributed by atoms with Gasteiger partial charge in [0.25, 0.3) is 0 Å². The number of hydrogen-bond donors (Lipinski definition) is 1. The number of furan rings is 1. The summed E-state index contributed by atoms with van der Waals surface area (Å²) in [5, 5.41) is 0.311. The number of benzene rings is 3. The van der Waals surface area contributed by atoms with E-state index in [1.165, 1.54) is 0 Å². The Bertz CT molecular complexity index is 1340. The van der Waals surface area contributed by atoms with E-state index in [0.717, 1.165) is 11.6 Å². The number of carbonyl (C=O) groups excluding carboxylic acids is 1. The number of para-hydroxylation sites is 1. The quantitative estimate of drug-likeness (QED) is 0.299. The third kappa shape index (κ3) is 5.66. The Morgan fingerprint density at radius 3 is 2.54 bits per heavy atom. The highest BCUT2D eigenvalue weighted by Crippen LogP contribution is 2.39. The lowest BCUT2D eigenvalue weighted by Gasteiger charge is -2.13. The third-order valence-electron chi connectivity index (χ3n) is 5.44. The van der Waals surface area contributed by atoms with Gasteiger partial charge < -0.3 is 19.6 Å². The van der Waals surface area contributed by atoms with Crippen LogP contribution in [0.3, 0.4) is 0 Å². The van der Waals surface area contributed by atoms with Gasteiger partial charge in [0.1, 0.15) is 17.9 Å². The van der Waals surface area contributed by atoms with Gasteiger partial charge in [-0.05, 0) is 53.9 Å². The molecule has 0 bridgehead atoms. The van der Waals surface area contributed by atoms with Crippen LogP contribution in [0.2, 0.25) is 0 Å². The van der Waals surface area contributed by atoms with Gasteiger partial charge in [0.2, 0.25) is 5.76 Å². The number of hydrogen-bond acceptors (Lipinski definition) is 5. The van der Waals surface area contributed by atoms with Crippen LogP contribution in [0.15, 0.2) is 71.1 Å². The number of carbonyl (C=O) groups is 1. The molecule has 182 valence electrons. The third-order valence-corrected chi connectivity index (χ3v) is 5.44. The van der Waals surface area contributed by atoms with E-state index in [0.29, 0.717) is 39.9 Å². The first kappa shape index (κ1) is 24.3. The van der Waals surface area contributed by atoms with Crippen LogP contribution in [-0.2, 0) is 35.3 Å². The molecule has 1 aromatic heterocycles. The minimum atomic E-state index is -4.61. The topological polar surface area (TPSA) is 74.7 Å². The van der Waals surface area contributed by atoms with E-state index >= 15 is 0 Å². The molecule has 0 radical (unpaired) electrons. The van der Waals surface area contributed by atoms with E-state index in [1.54, 1.807) is 55.5 Å². The summed E-state index contributed by atoms with van der Waals surface area (Å²) in [4.78, 5) is 11.9. The van der Waals surface area contributed by atoms with Gasteiger partial charge in [0.05, 0.1) is 13.0 Å². The van der Waals surface area contributed by atoms with Gasteiger partial charge in [-0.2, -0.15) is 13.2 Å². The van der Waals surface area contributed by atoms with Gasteiger partial charge in [-0.15, -0.1) is 0 Å². The van der Waals surface area contributed by atoms with Gasteiger partial charge in [0.15, 0.2) is 0 Å². The molecule has 4 rings (SSSR count). The molecule has 8 heteroatoms. The van der Waals surface area contributed by atoms with E-state index in [-0.39, 0.29) is 31.2 Å². The average molecular weight is 483 g/mol. The lowest BCUT2D eigenvalue weighted by molar-refractivity contribution is -0.152. The number of alkyl halides is 3. The fourth-order valence-electron chi connectivity index (χ4n) is 3.84. The Kier molecular flexibility index (Phi) is 7.12. The van der Waals surface area contributed by atoms with Gasteiger partial charge in [-0.25, -0.2) is 0 Å². The summed E-state index contributed by atoms with van der Waals surface area (Å²) < 4.78 is 56.4. The van der Waals surface area contributed by atoms with Crippen molar-refractivity contribution in [3.05, 3.63) is 89.2 Å². The maximum Gasteiger partial charge on any atom is 0.449 e. The largest absolute Gasteiger partial charge is 0.489 e. The van der Waals surface area contributed by atoms with Crippen molar-refractivity contribution in [2.45, 2.75) is 32.7 Å². The van der Waals surface area contributed by atoms with Crippen molar-refractivity contribution in [2.75, 3.05) is 6.61 Å². The molecule has 0 aliphatic carbocycles. The zero-order chi connectivity index (χ0) is 25.0. The molecule has 0 saturated heterocycles. The molecule has 4 aromatic rings. The SMILES string of the molecule is CCOC(=O)Cc1ccccc1OCc1cc(-c2cccc(CN)c2)c2oc(C(F)(F)F)cc2c1. The second kappa shape index (κ2) is 10.2. The lowest BCUT2D eigenvalue weighted by Crippen LogP contribution is -2.09. The molecule has 1 heterocycles. The van der Waals surface area contributed by atoms with Crippen LogP contribution in [0.5, 0.6) is 5.75 Å². The highest BCUT2D eigenvalue weighted by molar-refractivity contribution is 5.93. The molecule has 0 amide bonds. The molecule has 0 unspecified atom stereocenters. The first-order chi connectivity index (χ1) is 16.8. The fraction of sp³-hybridized carbons (Fsp3) is 0.222. The Hall–Kier alpha value is -3.78. The number of ether oxygens (including phenoxy) is 2. The standard InChI is InChI=1S/C27H24F3NO4/c1-2-33-25(32)14-20-7-3-4-9-23(20)34-16-18-11-21-13-24(27(28,29)30)35-26(21)22(12-18)19-8-5-6-17(10-19)15-31/h3-13H,2,14-16,31H2,1H3. The molecule has 5 nitrogen and oxygen atoms in total. The molecule has 35 heavy (non-hydrogen) atoms. The molecule has 0 saturated carbocycles. The van der Waals surface area contributed by atoms with Crippen molar-refractivity contribution in [1.29, 1.82) is 0 Å². The first-order valence-corrected chi connectivity index (χ1v) is 11.1. The van der Waals surface area contributed by atoms with Gasteiger partial charge >= 0.3 is 12.1 Å². The number of halogens is 3. The van der Waals surface area contributed by atoms with Crippen LogP contribution in [0.1, 0.15) is 29.4 Å². The highest BCUT2D eigenvalue weighted by Gasteiger charge is 2.35. The highest BCUT2D eigenvalue weighted by atomic mass is 19.4. The fourth-order valence-corrected chi connectivity index (χ4v) is 3.84. The summed E-state index contributed by atoms with van der Waals surface area (Å²) in [7, 11) is 0. The molecule has 0 aliphatic heterocycles. The molecule has 0 atom stereocenters. The minimum absolute atomic E-state index is 0.0524. The minimum Gasteiger partial charge on any atom is -0.489 e. The summed E-state index contributed by atoms with van der Waals surface area (Å²) in [5.41, 5.74) is 9.23. The van der Waals surface area contributed by atoms with Crippen molar-refractivity contribution in [3.63, 3.8) is 0 Å². The summed E-state index contributed by atoms with van der Waals surface area (Å²) in [5.74, 6) is -0.942. The van der Waals surface area contributed by atoms with Gasteiger partial charge in [-0.1, -0.05) is 36.4 Å². The number of esters is 1. The predicted molar refractivity (Wildman–Crippen MR) is 126 cm³/mol. The molecule has 3 aromatic carbocycles. The van der Waals surface area contributed by atoms with Crippen LogP contribution in [0.25, 0.3) is 22.1 Å². The van der Waals surface area contributed by atoms with Crippen molar-refractivity contribution in [1.82, 2.24) is 0 Å². The summed E-state index contributed by atoms with van der Waals surface area (Å²) in [6.45, 7) is 2.38. The van der Waals surface area contributed by atoms with E-state index in [1.807, 2.05) is 12.1 Å². The summed E-state index contributed by atoms with van der Waals surface area (Å²) in [6, 6.07) is 18.7. The van der Waals surface area contributed by atoms with E-state index < -0.39 is 11.9 Å². The molecule has 0 fully saturated rings. The van der Waals surface area contributed by atoms with E-state index in [4.69, 9.17) is 19.6 Å². The van der Waals surface area contributed by atoms with Crippen LogP contribution in [0, 0.1) is 0 Å². The normalized spacial score (nSPS) is 11.6. The van der Waals surface area contributed by atoms with E-state index in [2.05, 4.69) is 0 Å². The molecule has 0 aliphatic rings. The molecule has 2 N–H and O–H groups in total. The lowest BCUT2D eigenvalue weighted by atomic mass is 9.99. The van der Waals surface area contributed by atoms with Crippen LogP contribution in [-0.4, -0.2) is 12.6 Å². The number of fused-ring (bicyclic) bond motifs is 1. The smallest absolute Gasteiger partial charge is 0.449 e. The van der Waals surface area contributed by atoms with Crippen molar-refractivity contribution in [3.8, 4) is 16.9 Å². The summed E-state index contributed by atoms with van der Waals surface area (Å²) >= 11 is 0. The molecular weight excluding hydrogens is 459 g/mol. The van der Waals surface area contributed by atoms with Gasteiger partial charge in [0, 0.05) is 23.1 Å². The second-order valence-electron chi connectivity index (χ2n) is 7.95. The Morgan fingerprint density at radius 2 is 1.80 bits per heavy atom. The molecule has 0 spiro atoms. The van der Waals surface area contributed by atoms with Crippen molar-refractivity contribution in [2.24, 2.45) is 5.73 Å². The van der Waals surface area contributed by atoms with Crippen LogP contribution in [0.4, 0.5) is 13.2 Å². The number of rotatable bonds is 8. The Balaban J connectivity index is 1.71. The maximum absolute atomic E-state index is 13.4. The predicted octanol–water partition coefficient (Wildman–Crippen LogP) is 6.26. The van der Waals surface area contributed by atoms with E-state index in [9.17, 15) is 18.0 Å². The molecular formula is C27H24F3NO4. The van der Waals surface area contributed by atoms with Crippen LogP contribution < -0.4 is 10.5 Å². The zero-order valence-electron chi connectivity index (χ0n) is 19.0. The number of nitrogens with two attached hydrogens (primary N) is 1. The average Bonchev–Trinajstić information content (AvgIpc) is 3.28. The second-order valence-corrected chi connectivity index (χ2v) is 7.95.